The van der Waals surface area contributed by atoms with Crippen molar-refractivity contribution in [2.45, 2.75) is 0 Å². The van der Waals surface area contributed by atoms with E-state index in [0.717, 1.165) is 0 Å². The van der Waals surface area contributed by atoms with Crippen molar-refractivity contribution in [1.29, 1.82) is 5.26 Å². The van der Waals surface area contributed by atoms with Gasteiger partial charge in [-0.25, -0.2) is 4.39 Å². The van der Waals surface area contributed by atoms with Gasteiger partial charge < -0.3 is 4.42 Å². The average Bonchev–Trinajstić information content (AvgIpc) is 3.08. The number of halogens is 2. The van der Waals surface area contributed by atoms with E-state index in [0.29, 0.717) is 0 Å². The molecule has 2 aromatic carbocycles. The summed E-state index contributed by atoms with van der Waals surface area (Å²) in [6.45, 7) is 0. The predicted molar refractivity (Wildman–Crippen MR) is 95.7 cm³/mol. The summed E-state index contributed by atoms with van der Waals surface area (Å²) in [6.07, 6.45) is 1.38. The van der Waals surface area contributed by atoms with Crippen LogP contribution in [0.5, 0.6) is 0 Å². The van der Waals surface area contributed by atoms with Gasteiger partial charge in [0.25, 0.3) is 5.69 Å². The molecule has 0 N–H and O–H groups in total. The van der Waals surface area contributed by atoms with Crippen LogP contribution in [0.3, 0.4) is 0 Å². The number of rotatable bonds is 4. The number of nitriles is 1. The number of hydrogen-bond acceptors (Lipinski definition) is 4. The first-order chi connectivity index (χ1) is 12.5. The zero-order valence-electron chi connectivity index (χ0n) is 13.1. The van der Waals surface area contributed by atoms with Crippen molar-refractivity contribution in [3.8, 4) is 17.4 Å². The molecule has 0 amide bonds. The second-order valence-electron chi connectivity index (χ2n) is 5.27. The fourth-order valence-electron chi connectivity index (χ4n) is 2.43. The highest BCUT2D eigenvalue weighted by atomic mass is 35.5. The van der Waals surface area contributed by atoms with Crippen LogP contribution < -0.4 is 0 Å². The highest BCUT2D eigenvalue weighted by Crippen LogP contribution is 2.34. The van der Waals surface area contributed by atoms with Gasteiger partial charge in [0.1, 0.15) is 17.3 Å². The van der Waals surface area contributed by atoms with Crippen LogP contribution in [0.4, 0.5) is 10.1 Å². The molecule has 3 aromatic rings. The smallest absolute Gasteiger partial charge is 0.281 e. The Bertz CT molecular complexity index is 1070. The van der Waals surface area contributed by atoms with Crippen molar-refractivity contribution in [1.82, 2.24) is 0 Å². The molecule has 0 saturated heterocycles. The van der Waals surface area contributed by atoms with Gasteiger partial charge in [-0.2, -0.15) is 5.26 Å². The average molecular weight is 369 g/mol. The van der Waals surface area contributed by atoms with Crippen molar-refractivity contribution in [2.75, 3.05) is 0 Å². The highest BCUT2D eigenvalue weighted by Gasteiger charge is 2.18. The van der Waals surface area contributed by atoms with E-state index < -0.39 is 10.7 Å². The van der Waals surface area contributed by atoms with Gasteiger partial charge in [-0.1, -0.05) is 29.8 Å². The molecule has 0 saturated carbocycles. The summed E-state index contributed by atoms with van der Waals surface area (Å²) >= 11 is 5.81. The molecular formula is C19H10ClFN2O3. The minimum Gasteiger partial charge on any atom is -0.456 e. The molecule has 128 valence electrons. The molecule has 0 bridgehead atoms. The Kier molecular flexibility index (Phi) is 4.83. The van der Waals surface area contributed by atoms with Gasteiger partial charge in [0.2, 0.25) is 0 Å². The molecule has 5 nitrogen and oxygen atoms in total. The lowest BCUT2D eigenvalue weighted by Crippen LogP contribution is -1.91. The maximum atomic E-state index is 13.9. The normalized spacial score (nSPS) is 11.2. The lowest BCUT2D eigenvalue weighted by atomic mass is 10.1. The summed E-state index contributed by atoms with van der Waals surface area (Å²) in [5.74, 6) is -0.0186. The number of nitrogens with zero attached hydrogens (tertiary/aromatic N) is 2. The third kappa shape index (κ3) is 3.48. The van der Waals surface area contributed by atoms with Crippen molar-refractivity contribution in [3.05, 3.63) is 86.9 Å². The van der Waals surface area contributed by atoms with E-state index in [2.05, 4.69) is 0 Å². The predicted octanol–water partition coefficient (Wildman–Crippen LogP) is 5.71. The fourth-order valence-corrected chi connectivity index (χ4v) is 2.60. The van der Waals surface area contributed by atoms with Crippen molar-refractivity contribution < 1.29 is 13.7 Å². The quantitative estimate of drug-likeness (QED) is 0.335. The molecule has 0 aliphatic rings. The van der Waals surface area contributed by atoms with Gasteiger partial charge >= 0.3 is 0 Å². The Morgan fingerprint density at radius 3 is 2.69 bits per heavy atom. The van der Waals surface area contributed by atoms with Gasteiger partial charge in [0.05, 0.1) is 22.1 Å². The summed E-state index contributed by atoms with van der Waals surface area (Å²) in [5, 5.41) is 20.7. The first-order valence-corrected chi connectivity index (χ1v) is 7.78. The molecule has 7 heteroatoms. The first kappa shape index (κ1) is 17.4. The lowest BCUT2D eigenvalue weighted by Gasteiger charge is -2.01. The van der Waals surface area contributed by atoms with Crippen molar-refractivity contribution in [3.63, 3.8) is 0 Å². The summed E-state index contributed by atoms with van der Waals surface area (Å²) in [6, 6.07) is 15.1. The Labute approximate surface area is 152 Å². The molecule has 1 aromatic heterocycles. The maximum Gasteiger partial charge on any atom is 0.281 e. The van der Waals surface area contributed by atoms with Crippen LogP contribution in [-0.4, -0.2) is 4.92 Å². The maximum absolute atomic E-state index is 13.9. The standard InChI is InChI=1S/C19H10ClFN2O3/c20-13-5-7-16(18(10-13)23(24)25)19-8-6-14(26-19)9-12(11-22)15-3-1-2-4-17(15)21/h1-10H. The molecule has 1 heterocycles. The SMILES string of the molecule is N#CC(=Cc1ccc(-c2ccc(Cl)cc2[N+](=O)[O-])o1)c1ccccc1F. The Morgan fingerprint density at radius 2 is 2.00 bits per heavy atom. The van der Waals surface area contributed by atoms with Crippen LogP contribution >= 0.6 is 11.6 Å². The second kappa shape index (κ2) is 7.21. The molecule has 0 fully saturated rings. The van der Waals surface area contributed by atoms with Crippen LogP contribution in [0, 0.1) is 27.3 Å². The third-order valence-electron chi connectivity index (χ3n) is 3.62. The molecule has 3 rings (SSSR count). The van der Waals surface area contributed by atoms with Crippen LogP contribution in [-0.2, 0) is 0 Å². The monoisotopic (exact) mass is 368 g/mol. The number of benzene rings is 2. The van der Waals surface area contributed by atoms with Gasteiger partial charge in [-0.15, -0.1) is 0 Å². The van der Waals surface area contributed by atoms with Gasteiger partial charge in [0.15, 0.2) is 0 Å². The van der Waals surface area contributed by atoms with E-state index in [1.54, 1.807) is 18.2 Å². The van der Waals surface area contributed by atoms with Crippen LogP contribution in [0.1, 0.15) is 11.3 Å². The number of nitro benzene ring substituents is 1. The Morgan fingerprint density at radius 1 is 1.23 bits per heavy atom. The van der Waals surface area contributed by atoms with Crippen LogP contribution in [0.2, 0.25) is 5.02 Å². The molecule has 26 heavy (non-hydrogen) atoms. The molecular weight excluding hydrogens is 359 g/mol. The van der Waals surface area contributed by atoms with Gasteiger partial charge in [0, 0.05) is 16.7 Å². The summed E-state index contributed by atoms with van der Waals surface area (Å²) in [4.78, 5) is 10.7. The molecule has 0 radical (unpaired) electrons. The number of nitro groups is 1. The van der Waals surface area contributed by atoms with Gasteiger partial charge in [-0.3, -0.25) is 10.1 Å². The number of allylic oxidation sites excluding steroid dienone is 1. The van der Waals surface area contributed by atoms with E-state index in [1.165, 1.54) is 42.5 Å². The number of furan rings is 1. The molecule has 0 atom stereocenters. The molecule has 0 aliphatic heterocycles. The summed E-state index contributed by atoms with van der Waals surface area (Å²) in [7, 11) is 0. The Balaban J connectivity index is 2.02. The number of hydrogen-bond donors (Lipinski definition) is 0. The molecule has 0 unspecified atom stereocenters. The van der Waals surface area contributed by atoms with E-state index in [1.807, 2.05) is 6.07 Å². The zero-order valence-corrected chi connectivity index (χ0v) is 13.9. The van der Waals surface area contributed by atoms with Crippen molar-refractivity contribution >= 4 is 28.9 Å². The highest BCUT2D eigenvalue weighted by molar-refractivity contribution is 6.30. The topological polar surface area (TPSA) is 80.1 Å². The minimum absolute atomic E-state index is 0.0783. The van der Waals surface area contributed by atoms with E-state index in [-0.39, 0.29) is 38.9 Å². The second-order valence-corrected chi connectivity index (χ2v) is 5.71. The van der Waals surface area contributed by atoms with E-state index >= 15 is 0 Å². The van der Waals surface area contributed by atoms with E-state index in [4.69, 9.17) is 16.0 Å². The largest absolute Gasteiger partial charge is 0.456 e. The van der Waals surface area contributed by atoms with E-state index in [9.17, 15) is 19.8 Å². The first-order valence-electron chi connectivity index (χ1n) is 7.40. The Hall–Kier alpha value is -3.43. The third-order valence-corrected chi connectivity index (χ3v) is 3.85. The molecule has 0 aliphatic carbocycles. The summed E-state index contributed by atoms with van der Waals surface area (Å²) < 4.78 is 19.5. The summed E-state index contributed by atoms with van der Waals surface area (Å²) in [5.41, 5.74) is 0.278. The van der Waals surface area contributed by atoms with Gasteiger partial charge in [-0.05, 0) is 36.4 Å². The lowest BCUT2D eigenvalue weighted by molar-refractivity contribution is -0.384. The fraction of sp³-hybridized carbons (Fsp3) is 0. The van der Waals surface area contributed by atoms with Crippen LogP contribution in [0.25, 0.3) is 23.0 Å². The molecule has 0 spiro atoms. The minimum atomic E-state index is -0.556. The zero-order chi connectivity index (χ0) is 18.7. The van der Waals surface area contributed by atoms with Crippen LogP contribution in [0.15, 0.2) is 59.0 Å². The van der Waals surface area contributed by atoms with Crippen molar-refractivity contribution in [2.24, 2.45) is 0 Å².